The average Bonchev–Trinajstić information content (AvgIpc) is 2.83. The van der Waals surface area contributed by atoms with E-state index in [1.807, 2.05) is 0 Å². The quantitative estimate of drug-likeness (QED) is 0.798. The van der Waals surface area contributed by atoms with Crippen LogP contribution >= 0.6 is 23.2 Å². The Morgan fingerprint density at radius 3 is 2.60 bits per heavy atom. The smallest absolute Gasteiger partial charge is 0.358 e. The van der Waals surface area contributed by atoms with Gasteiger partial charge in [0.2, 0.25) is 0 Å². The first-order valence-electron chi connectivity index (χ1n) is 7.29. The highest BCUT2D eigenvalue weighted by atomic mass is 35.5. The normalized spacial score (nSPS) is 11.8. The topological polar surface area (TPSA) is 82.4 Å². The van der Waals surface area contributed by atoms with Crippen LogP contribution in [0.15, 0.2) is 18.2 Å². The summed E-state index contributed by atoms with van der Waals surface area (Å²) in [5, 5.41) is 7.53. The van der Waals surface area contributed by atoms with Crippen LogP contribution in [0.1, 0.15) is 23.1 Å². The number of halogens is 2. The number of aryl methyl sites for hydroxylation is 2. The van der Waals surface area contributed by atoms with Gasteiger partial charge in [0.05, 0.1) is 23.5 Å². The van der Waals surface area contributed by atoms with Crippen LogP contribution in [0.5, 0.6) is 5.75 Å². The average molecular weight is 386 g/mol. The van der Waals surface area contributed by atoms with Crippen LogP contribution in [-0.4, -0.2) is 34.9 Å². The third-order valence-corrected chi connectivity index (χ3v) is 3.95. The number of esters is 1. The van der Waals surface area contributed by atoms with Crippen LogP contribution in [0.2, 0.25) is 10.0 Å². The third kappa shape index (κ3) is 4.24. The second-order valence-electron chi connectivity index (χ2n) is 5.25. The van der Waals surface area contributed by atoms with E-state index in [0.717, 1.165) is 0 Å². The summed E-state index contributed by atoms with van der Waals surface area (Å²) < 4.78 is 11.6. The molecule has 0 saturated carbocycles. The van der Waals surface area contributed by atoms with E-state index >= 15 is 0 Å². The minimum Gasteiger partial charge on any atom is -0.479 e. The molecule has 1 aromatic carbocycles. The zero-order chi connectivity index (χ0) is 18.7. The number of rotatable bonds is 5. The summed E-state index contributed by atoms with van der Waals surface area (Å²) in [5.74, 6) is -0.746. The summed E-state index contributed by atoms with van der Waals surface area (Å²) in [6.07, 6.45) is -0.872. The van der Waals surface area contributed by atoms with E-state index in [9.17, 15) is 9.59 Å². The molecular formula is C16H17Cl2N3O4. The van der Waals surface area contributed by atoms with Crippen LogP contribution in [0.25, 0.3) is 0 Å². The molecule has 9 heteroatoms. The molecule has 0 aliphatic rings. The first-order chi connectivity index (χ1) is 11.7. The molecule has 0 aliphatic carbocycles. The number of nitrogens with zero attached hydrogens (tertiary/aromatic N) is 2. The zero-order valence-corrected chi connectivity index (χ0v) is 15.6. The van der Waals surface area contributed by atoms with Crippen molar-refractivity contribution in [2.24, 2.45) is 7.05 Å². The van der Waals surface area contributed by atoms with Gasteiger partial charge in [0.1, 0.15) is 5.75 Å². The predicted molar refractivity (Wildman–Crippen MR) is 94.5 cm³/mol. The van der Waals surface area contributed by atoms with E-state index in [0.29, 0.717) is 21.5 Å². The number of amides is 1. The zero-order valence-electron chi connectivity index (χ0n) is 14.1. The number of carbonyl (C=O) groups is 2. The second-order valence-corrected chi connectivity index (χ2v) is 6.09. The fraction of sp³-hybridized carbons (Fsp3) is 0.312. The number of ether oxygens (including phenoxy) is 2. The molecule has 1 N–H and O–H groups in total. The third-order valence-electron chi connectivity index (χ3n) is 3.42. The van der Waals surface area contributed by atoms with Crippen molar-refractivity contribution < 1.29 is 19.1 Å². The van der Waals surface area contributed by atoms with Gasteiger partial charge in [-0.25, -0.2) is 4.79 Å². The number of anilines is 1. The Hall–Kier alpha value is -2.25. The molecule has 1 amide bonds. The van der Waals surface area contributed by atoms with Crippen molar-refractivity contribution in [1.82, 2.24) is 9.78 Å². The molecule has 0 saturated heterocycles. The molecular weight excluding hydrogens is 369 g/mol. The van der Waals surface area contributed by atoms with E-state index in [1.165, 1.54) is 17.9 Å². The Kier molecular flexibility index (Phi) is 5.92. The Bertz CT molecular complexity index is 820. The van der Waals surface area contributed by atoms with Gasteiger partial charge in [-0.3, -0.25) is 9.48 Å². The summed E-state index contributed by atoms with van der Waals surface area (Å²) in [6, 6.07) is 4.70. The standard InChI is InChI=1S/C16H17Cl2N3O4/c1-8-13(14(16(23)24-4)21(3)20-8)19-15(22)9(2)25-12-6-5-10(17)7-11(12)18/h5-7,9H,1-4H3,(H,19,22). The minimum atomic E-state index is -0.872. The molecule has 1 heterocycles. The van der Waals surface area contributed by atoms with E-state index < -0.39 is 18.0 Å². The number of methoxy groups -OCH3 is 1. The Morgan fingerprint density at radius 2 is 2.00 bits per heavy atom. The molecule has 2 aromatic rings. The first-order valence-corrected chi connectivity index (χ1v) is 8.04. The van der Waals surface area contributed by atoms with E-state index in [-0.39, 0.29) is 11.4 Å². The molecule has 134 valence electrons. The molecule has 7 nitrogen and oxygen atoms in total. The Balaban J connectivity index is 2.18. The highest BCUT2D eigenvalue weighted by Crippen LogP contribution is 2.28. The number of aromatic nitrogens is 2. The lowest BCUT2D eigenvalue weighted by molar-refractivity contribution is -0.122. The molecule has 0 spiro atoms. The van der Waals surface area contributed by atoms with Gasteiger partial charge in [-0.15, -0.1) is 0 Å². The molecule has 0 radical (unpaired) electrons. The maximum absolute atomic E-state index is 12.4. The van der Waals surface area contributed by atoms with Crippen LogP contribution < -0.4 is 10.1 Å². The SMILES string of the molecule is COC(=O)c1c(NC(=O)C(C)Oc2ccc(Cl)cc2Cl)c(C)nn1C. The molecule has 0 bridgehead atoms. The Morgan fingerprint density at radius 1 is 1.32 bits per heavy atom. The van der Waals surface area contributed by atoms with Crippen LogP contribution in [0.3, 0.4) is 0 Å². The maximum Gasteiger partial charge on any atom is 0.358 e. The summed E-state index contributed by atoms with van der Waals surface area (Å²) in [6.45, 7) is 3.23. The monoisotopic (exact) mass is 385 g/mol. The van der Waals surface area contributed by atoms with Gasteiger partial charge in [0.25, 0.3) is 5.91 Å². The number of benzene rings is 1. The molecule has 0 fully saturated rings. The first kappa shape index (κ1) is 19.1. The van der Waals surface area contributed by atoms with Crippen LogP contribution in [-0.2, 0) is 16.6 Å². The van der Waals surface area contributed by atoms with Crippen molar-refractivity contribution in [3.63, 3.8) is 0 Å². The van der Waals surface area contributed by atoms with Gasteiger partial charge >= 0.3 is 5.97 Å². The van der Waals surface area contributed by atoms with Crippen molar-refractivity contribution in [2.75, 3.05) is 12.4 Å². The minimum absolute atomic E-state index is 0.144. The largest absolute Gasteiger partial charge is 0.479 e. The Labute approximate surface area is 154 Å². The van der Waals surface area contributed by atoms with Gasteiger partial charge in [0.15, 0.2) is 11.8 Å². The van der Waals surface area contributed by atoms with E-state index in [4.69, 9.17) is 32.7 Å². The fourth-order valence-corrected chi connectivity index (χ4v) is 2.63. The second kappa shape index (κ2) is 7.76. The van der Waals surface area contributed by atoms with Gasteiger partial charge < -0.3 is 14.8 Å². The van der Waals surface area contributed by atoms with Gasteiger partial charge in [-0.2, -0.15) is 5.10 Å². The highest BCUT2D eigenvalue weighted by molar-refractivity contribution is 6.35. The van der Waals surface area contributed by atoms with Crippen LogP contribution in [0.4, 0.5) is 5.69 Å². The number of carbonyl (C=O) groups excluding carboxylic acids is 2. The van der Waals surface area contributed by atoms with Crippen molar-refractivity contribution >= 4 is 40.8 Å². The van der Waals surface area contributed by atoms with E-state index in [2.05, 4.69) is 10.4 Å². The highest BCUT2D eigenvalue weighted by Gasteiger charge is 2.25. The lowest BCUT2D eigenvalue weighted by atomic mass is 10.2. The number of hydrogen-bond donors (Lipinski definition) is 1. The maximum atomic E-state index is 12.4. The van der Waals surface area contributed by atoms with Gasteiger partial charge in [0, 0.05) is 12.1 Å². The summed E-state index contributed by atoms with van der Waals surface area (Å²) in [7, 11) is 2.84. The predicted octanol–water partition coefficient (Wildman–Crippen LogP) is 3.23. The van der Waals surface area contributed by atoms with Crippen LogP contribution in [0, 0.1) is 6.92 Å². The number of hydrogen-bond acceptors (Lipinski definition) is 5. The summed E-state index contributed by atoms with van der Waals surface area (Å²) in [4.78, 5) is 24.3. The van der Waals surface area contributed by atoms with Crippen molar-refractivity contribution in [3.05, 3.63) is 39.6 Å². The van der Waals surface area contributed by atoms with Gasteiger partial charge in [-0.05, 0) is 32.0 Å². The molecule has 1 atom stereocenters. The molecule has 1 aromatic heterocycles. The fourth-order valence-electron chi connectivity index (χ4n) is 2.18. The van der Waals surface area contributed by atoms with Crippen molar-refractivity contribution in [3.8, 4) is 5.75 Å². The lowest BCUT2D eigenvalue weighted by Crippen LogP contribution is -2.31. The lowest BCUT2D eigenvalue weighted by Gasteiger charge is -2.16. The molecule has 25 heavy (non-hydrogen) atoms. The van der Waals surface area contributed by atoms with Gasteiger partial charge in [-0.1, -0.05) is 23.2 Å². The summed E-state index contributed by atoms with van der Waals surface area (Å²) in [5.41, 5.74) is 0.898. The van der Waals surface area contributed by atoms with Crippen molar-refractivity contribution in [1.29, 1.82) is 0 Å². The number of nitrogens with one attached hydrogen (secondary N) is 1. The summed E-state index contributed by atoms with van der Waals surface area (Å²) >= 11 is 11.9. The molecule has 1 unspecified atom stereocenters. The molecule has 0 aliphatic heterocycles. The molecule has 2 rings (SSSR count). The van der Waals surface area contributed by atoms with E-state index in [1.54, 1.807) is 33.0 Å². The van der Waals surface area contributed by atoms with Crippen molar-refractivity contribution in [2.45, 2.75) is 20.0 Å².